The number of aliphatic hydroxyl groups is 5. The minimum absolute atomic E-state index is 0.0854. The molecule has 8 atom stereocenters. The van der Waals surface area contributed by atoms with E-state index in [0.717, 1.165) is 51.4 Å². The number of aliphatic hydroxyl groups excluding tert-OH is 5. The summed E-state index contributed by atoms with van der Waals surface area (Å²) in [7, 11) is -5.12. The average Bonchev–Trinajstić information content (AvgIpc) is 3.23. The fourth-order valence-electron chi connectivity index (χ4n) is 6.69. The number of ether oxygens (including phenoxy) is 2. The maximum atomic E-state index is 12.8. The molecular weight excluding hydrogens is 791 g/mol. The Kier molecular flexibility index (Phi) is 33.8. The maximum absolute atomic E-state index is 12.8. The van der Waals surface area contributed by atoms with Crippen molar-refractivity contribution < 1.29 is 63.1 Å². The monoisotopic (exact) mass is 873 g/mol. The van der Waals surface area contributed by atoms with Gasteiger partial charge in [-0.3, -0.25) is 18.6 Å². The van der Waals surface area contributed by atoms with E-state index in [1.54, 1.807) is 0 Å². The zero-order valence-corrected chi connectivity index (χ0v) is 37.6. The number of esters is 2. The van der Waals surface area contributed by atoms with Crippen molar-refractivity contribution in [3.8, 4) is 0 Å². The molecule has 0 amide bonds. The number of allylic oxidation sites excluding steroid dienone is 8. The maximum Gasteiger partial charge on any atom is 0.472 e. The van der Waals surface area contributed by atoms with E-state index in [2.05, 4.69) is 50.3 Å². The van der Waals surface area contributed by atoms with E-state index in [1.807, 2.05) is 12.2 Å². The molecule has 14 heteroatoms. The Morgan fingerprint density at radius 3 is 1.42 bits per heavy atom. The van der Waals surface area contributed by atoms with Crippen molar-refractivity contribution in [2.45, 2.75) is 217 Å². The van der Waals surface area contributed by atoms with Gasteiger partial charge < -0.3 is 39.9 Å². The summed E-state index contributed by atoms with van der Waals surface area (Å²) in [6.45, 7) is 3.22. The van der Waals surface area contributed by atoms with Crippen molar-refractivity contribution in [3.05, 3.63) is 48.6 Å². The minimum Gasteiger partial charge on any atom is -0.462 e. The fourth-order valence-corrected chi connectivity index (χ4v) is 7.66. The molecule has 1 fully saturated rings. The van der Waals surface area contributed by atoms with Crippen LogP contribution < -0.4 is 0 Å². The Morgan fingerprint density at radius 2 is 0.917 bits per heavy atom. The van der Waals surface area contributed by atoms with Crippen molar-refractivity contribution in [3.63, 3.8) is 0 Å². The van der Waals surface area contributed by atoms with Crippen molar-refractivity contribution in [1.82, 2.24) is 0 Å². The van der Waals surface area contributed by atoms with Crippen LogP contribution in [-0.4, -0.2) is 98.3 Å². The van der Waals surface area contributed by atoms with Crippen molar-refractivity contribution in [1.29, 1.82) is 0 Å². The topological polar surface area (TPSA) is 210 Å². The lowest BCUT2D eigenvalue weighted by Gasteiger charge is -2.41. The van der Waals surface area contributed by atoms with Gasteiger partial charge >= 0.3 is 19.8 Å². The van der Waals surface area contributed by atoms with E-state index >= 15 is 0 Å². The van der Waals surface area contributed by atoms with Crippen molar-refractivity contribution in [2.75, 3.05) is 13.2 Å². The molecule has 13 nitrogen and oxygen atoms in total. The molecule has 0 saturated heterocycles. The predicted molar refractivity (Wildman–Crippen MR) is 235 cm³/mol. The van der Waals surface area contributed by atoms with Crippen LogP contribution in [0.5, 0.6) is 0 Å². The number of hydrogen-bond acceptors (Lipinski definition) is 12. The molecular formula is C46H81O13P. The van der Waals surface area contributed by atoms with E-state index in [9.17, 15) is 44.6 Å². The van der Waals surface area contributed by atoms with Gasteiger partial charge in [0.05, 0.1) is 6.61 Å². The lowest BCUT2D eigenvalue weighted by Crippen LogP contribution is -2.64. The Morgan fingerprint density at radius 1 is 0.517 bits per heavy atom. The van der Waals surface area contributed by atoms with Gasteiger partial charge in [0.1, 0.15) is 43.2 Å². The molecule has 1 aliphatic carbocycles. The molecule has 0 radical (unpaired) electrons. The molecule has 1 saturated carbocycles. The van der Waals surface area contributed by atoms with Gasteiger partial charge in [0.2, 0.25) is 0 Å². The molecule has 0 aromatic heterocycles. The first kappa shape index (κ1) is 55.8. The SMILES string of the molecule is CCCCCCCCC/C=C/C/C=C/C/C=C/C/C=C/CCCC(=O)OC[C@@H](COP(=O)(O)OC1C(O)C(O)C(O)[C@H](O)C1O)OC(=O)CCCCCCCCCCCC. The highest BCUT2D eigenvalue weighted by Gasteiger charge is 2.51. The summed E-state index contributed by atoms with van der Waals surface area (Å²) in [4.78, 5) is 35.6. The van der Waals surface area contributed by atoms with E-state index in [4.69, 9.17) is 18.5 Å². The molecule has 0 aromatic rings. The van der Waals surface area contributed by atoms with Gasteiger partial charge in [-0.2, -0.15) is 0 Å². The summed E-state index contributed by atoms with van der Waals surface area (Å²) in [6, 6.07) is 0. The first-order valence-electron chi connectivity index (χ1n) is 22.9. The molecule has 0 aliphatic heterocycles. The first-order valence-corrected chi connectivity index (χ1v) is 24.4. The van der Waals surface area contributed by atoms with Crippen LogP contribution >= 0.6 is 7.82 Å². The van der Waals surface area contributed by atoms with Crippen LogP contribution in [0.3, 0.4) is 0 Å². The second-order valence-corrected chi connectivity index (χ2v) is 17.3. The number of carbonyl (C=O) groups is 2. The standard InChI is InChI=1S/C46H81O13P/c1-3-5-7-9-11-13-15-16-17-18-19-20-21-22-23-24-25-27-28-30-32-34-39(47)56-36-38(58-40(48)35-33-31-29-26-14-12-10-8-6-4-2)37-57-60(54,55)59-46-44(52)42(50)41(49)43(51)45(46)53/h17-18,20-21,23-24,27-28,38,41-46,49-53H,3-16,19,22,25-26,29-37H2,1-2H3,(H,54,55)/b18-17+,21-20+,24-23+,28-27+/t38-,41?,42-,43?,44?,45?,46?/m0/s1. The van der Waals surface area contributed by atoms with E-state index in [1.165, 1.54) is 77.0 Å². The molecule has 0 bridgehead atoms. The van der Waals surface area contributed by atoms with Gasteiger partial charge in [0.25, 0.3) is 0 Å². The molecule has 1 rings (SSSR count). The van der Waals surface area contributed by atoms with Gasteiger partial charge in [-0.15, -0.1) is 0 Å². The zero-order chi connectivity index (χ0) is 44.3. The second-order valence-electron chi connectivity index (χ2n) is 15.9. The molecule has 0 aromatic carbocycles. The Bertz CT molecular complexity index is 1240. The normalized spacial score (nSPS) is 22.6. The third kappa shape index (κ3) is 28.4. The van der Waals surface area contributed by atoms with Crippen LogP contribution in [0.4, 0.5) is 0 Å². The highest BCUT2D eigenvalue weighted by molar-refractivity contribution is 7.47. The van der Waals surface area contributed by atoms with Gasteiger partial charge in [0, 0.05) is 12.8 Å². The van der Waals surface area contributed by atoms with Crippen molar-refractivity contribution >= 4 is 19.8 Å². The zero-order valence-electron chi connectivity index (χ0n) is 36.7. The van der Waals surface area contributed by atoms with Crippen LogP contribution in [-0.2, 0) is 32.7 Å². The lowest BCUT2D eigenvalue weighted by atomic mass is 9.85. The molecule has 1 aliphatic rings. The lowest BCUT2D eigenvalue weighted by molar-refractivity contribution is -0.220. The summed E-state index contributed by atoms with van der Waals surface area (Å²) in [6.07, 6.45) is 29.1. The van der Waals surface area contributed by atoms with E-state index in [0.29, 0.717) is 19.3 Å². The van der Waals surface area contributed by atoms with Crippen LogP contribution in [0, 0.1) is 0 Å². The largest absolute Gasteiger partial charge is 0.472 e. The fraction of sp³-hybridized carbons (Fsp3) is 0.783. The van der Waals surface area contributed by atoms with Crippen LogP contribution in [0.15, 0.2) is 48.6 Å². The Hall–Kier alpha value is -2.19. The summed E-state index contributed by atoms with van der Waals surface area (Å²) < 4.78 is 33.4. The molecule has 6 unspecified atom stereocenters. The number of unbranched alkanes of at least 4 members (excludes halogenated alkanes) is 17. The highest BCUT2D eigenvalue weighted by atomic mass is 31.2. The van der Waals surface area contributed by atoms with E-state index < -0.39 is 75.7 Å². The van der Waals surface area contributed by atoms with E-state index in [-0.39, 0.29) is 12.8 Å². The minimum atomic E-state index is -5.12. The summed E-state index contributed by atoms with van der Waals surface area (Å²) in [5.74, 6) is -1.17. The molecule has 0 spiro atoms. The third-order valence-corrected chi connectivity index (χ3v) is 11.4. The number of phosphoric ester groups is 1. The Labute approximate surface area is 360 Å². The van der Waals surface area contributed by atoms with Gasteiger partial charge in [-0.1, -0.05) is 159 Å². The second kappa shape index (κ2) is 36.3. The number of phosphoric acid groups is 1. The molecule has 60 heavy (non-hydrogen) atoms. The average molecular weight is 873 g/mol. The van der Waals surface area contributed by atoms with Crippen LogP contribution in [0.25, 0.3) is 0 Å². The molecule has 6 N–H and O–H groups in total. The summed E-state index contributed by atoms with van der Waals surface area (Å²) >= 11 is 0. The smallest absolute Gasteiger partial charge is 0.462 e. The predicted octanol–water partition coefficient (Wildman–Crippen LogP) is 8.78. The summed E-state index contributed by atoms with van der Waals surface area (Å²) in [5.41, 5.74) is 0. The highest BCUT2D eigenvalue weighted by Crippen LogP contribution is 2.47. The van der Waals surface area contributed by atoms with Gasteiger partial charge in [0.15, 0.2) is 6.10 Å². The third-order valence-electron chi connectivity index (χ3n) is 10.4. The first-order chi connectivity index (χ1) is 28.9. The molecule has 0 heterocycles. The number of carbonyl (C=O) groups excluding carboxylic acids is 2. The van der Waals surface area contributed by atoms with Gasteiger partial charge in [-0.25, -0.2) is 4.57 Å². The quantitative estimate of drug-likeness (QED) is 0.0149. The Balaban J connectivity index is 2.46. The van der Waals surface area contributed by atoms with Gasteiger partial charge in [-0.05, 0) is 51.4 Å². The summed E-state index contributed by atoms with van der Waals surface area (Å²) in [5, 5.41) is 50.0. The number of rotatable bonds is 37. The van der Waals surface area contributed by atoms with Crippen LogP contribution in [0.1, 0.15) is 174 Å². The number of hydrogen-bond donors (Lipinski definition) is 6. The van der Waals surface area contributed by atoms with Crippen molar-refractivity contribution in [2.24, 2.45) is 0 Å². The molecule has 348 valence electrons. The van der Waals surface area contributed by atoms with Crippen LogP contribution in [0.2, 0.25) is 0 Å².